The summed E-state index contributed by atoms with van der Waals surface area (Å²) < 4.78 is 5.10. The van der Waals surface area contributed by atoms with Gasteiger partial charge >= 0.3 is 0 Å². The molecule has 0 aliphatic carbocycles. The average Bonchev–Trinajstić information content (AvgIpc) is 2.95. The van der Waals surface area contributed by atoms with E-state index in [4.69, 9.17) is 16.1 Å². The van der Waals surface area contributed by atoms with Crippen LogP contribution in [0, 0.1) is 12.3 Å². The molecular weight excluding hydrogens is 465 g/mol. The van der Waals surface area contributed by atoms with Crippen molar-refractivity contribution in [2.75, 3.05) is 20.1 Å². The van der Waals surface area contributed by atoms with Crippen LogP contribution in [0.5, 0.6) is 0 Å². The Hall–Kier alpha value is -1.35. The second-order valence-electron chi connectivity index (χ2n) is 6.81. The minimum absolute atomic E-state index is 0. The molecule has 2 N–H and O–H groups in total. The van der Waals surface area contributed by atoms with E-state index in [9.17, 15) is 0 Å². The molecule has 1 aromatic heterocycles. The Balaban J connectivity index is 0.00000338. The van der Waals surface area contributed by atoms with Crippen LogP contribution in [0.1, 0.15) is 31.1 Å². The topological polar surface area (TPSA) is 75.3 Å². The largest absolute Gasteiger partial charge is 0.356 e. The van der Waals surface area contributed by atoms with Crippen LogP contribution in [-0.2, 0) is 12.8 Å². The maximum Gasteiger partial charge on any atom is 0.228 e. The van der Waals surface area contributed by atoms with Crippen molar-refractivity contribution in [3.63, 3.8) is 0 Å². The first-order valence-corrected chi connectivity index (χ1v) is 8.74. The summed E-state index contributed by atoms with van der Waals surface area (Å²) in [4.78, 5) is 8.44. The standard InChI is InChI=1S/C18H26ClN5O.HI/c1-13-23-16(25-24-13)8-9-21-17(20-4)22-12-18(2,3)11-14-6-5-7-15(19)10-14;/h5-7,10H,8-9,11-12H2,1-4H3,(H2,20,21,22);1H. The molecule has 6 nitrogen and oxygen atoms in total. The molecule has 0 saturated carbocycles. The first kappa shape index (κ1) is 22.7. The van der Waals surface area contributed by atoms with Crippen LogP contribution in [0.25, 0.3) is 0 Å². The quantitative estimate of drug-likeness (QED) is 0.351. The van der Waals surface area contributed by atoms with Gasteiger partial charge in [-0.05, 0) is 36.5 Å². The van der Waals surface area contributed by atoms with Crippen molar-refractivity contribution in [1.29, 1.82) is 0 Å². The van der Waals surface area contributed by atoms with E-state index < -0.39 is 0 Å². The van der Waals surface area contributed by atoms with Crippen LogP contribution in [0.2, 0.25) is 5.02 Å². The Morgan fingerprint density at radius 1 is 1.31 bits per heavy atom. The Morgan fingerprint density at radius 2 is 2.08 bits per heavy atom. The van der Waals surface area contributed by atoms with Crippen LogP contribution in [-0.4, -0.2) is 36.2 Å². The van der Waals surface area contributed by atoms with Gasteiger partial charge in [0, 0.05) is 31.6 Å². The van der Waals surface area contributed by atoms with Gasteiger partial charge in [-0.25, -0.2) is 0 Å². The molecule has 1 aromatic carbocycles. The van der Waals surface area contributed by atoms with Crippen LogP contribution in [0.15, 0.2) is 33.8 Å². The van der Waals surface area contributed by atoms with Crippen molar-refractivity contribution in [3.05, 3.63) is 46.6 Å². The monoisotopic (exact) mass is 491 g/mol. The smallest absolute Gasteiger partial charge is 0.228 e. The number of rotatable bonds is 7. The van der Waals surface area contributed by atoms with Crippen LogP contribution < -0.4 is 10.6 Å². The number of nitrogens with zero attached hydrogens (tertiary/aromatic N) is 3. The Labute approximate surface area is 177 Å². The lowest BCUT2D eigenvalue weighted by atomic mass is 9.86. The summed E-state index contributed by atoms with van der Waals surface area (Å²) >= 11 is 6.07. The number of guanidine groups is 1. The number of halogens is 2. The number of aryl methyl sites for hydroxylation is 1. The number of aliphatic imine (C=N–C) groups is 1. The molecule has 0 aliphatic heterocycles. The number of hydrogen-bond acceptors (Lipinski definition) is 4. The van der Waals surface area contributed by atoms with E-state index >= 15 is 0 Å². The third kappa shape index (κ3) is 7.90. The summed E-state index contributed by atoms with van der Waals surface area (Å²) in [5.41, 5.74) is 1.29. The molecule has 1 heterocycles. The van der Waals surface area contributed by atoms with E-state index in [1.165, 1.54) is 5.56 Å². The fraction of sp³-hybridized carbons (Fsp3) is 0.500. The van der Waals surface area contributed by atoms with Gasteiger partial charge in [0.1, 0.15) is 0 Å². The van der Waals surface area contributed by atoms with Crippen LogP contribution in [0.4, 0.5) is 0 Å². The van der Waals surface area contributed by atoms with Crippen molar-refractivity contribution in [2.24, 2.45) is 10.4 Å². The summed E-state index contributed by atoms with van der Waals surface area (Å²) in [6.07, 6.45) is 1.59. The third-order valence-corrected chi connectivity index (χ3v) is 3.97. The second kappa shape index (κ2) is 10.7. The van der Waals surface area contributed by atoms with E-state index in [1.54, 1.807) is 7.05 Å². The molecule has 0 spiro atoms. The van der Waals surface area contributed by atoms with Gasteiger partial charge in [0.15, 0.2) is 11.8 Å². The van der Waals surface area contributed by atoms with Crippen molar-refractivity contribution < 1.29 is 4.52 Å². The summed E-state index contributed by atoms with van der Waals surface area (Å²) in [5, 5.41) is 11.2. The predicted octanol–water partition coefficient (Wildman–Crippen LogP) is 3.63. The molecule has 0 amide bonds. The van der Waals surface area contributed by atoms with Gasteiger partial charge < -0.3 is 15.2 Å². The maximum absolute atomic E-state index is 6.07. The molecule has 0 unspecified atom stereocenters. The fourth-order valence-electron chi connectivity index (χ4n) is 2.54. The van der Waals surface area contributed by atoms with Crippen molar-refractivity contribution in [3.8, 4) is 0 Å². The van der Waals surface area contributed by atoms with Gasteiger partial charge in [0.25, 0.3) is 0 Å². The molecule has 144 valence electrons. The minimum atomic E-state index is 0. The lowest BCUT2D eigenvalue weighted by molar-refractivity contribution is 0.358. The highest BCUT2D eigenvalue weighted by Gasteiger charge is 2.19. The van der Waals surface area contributed by atoms with Gasteiger partial charge in [0.2, 0.25) is 5.89 Å². The van der Waals surface area contributed by atoms with Crippen LogP contribution in [0.3, 0.4) is 0 Å². The number of nitrogens with one attached hydrogen (secondary N) is 2. The minimum Gasteiger partial charge on any atom is -0.356 e. The van der Waals surface area contributed by atoms with E-state index in [-0.39, 0.29) is 29.4 Å². The predicted molar refractivity (Wildman–Crippen MR) is 116 cm³/mol. The van der Waals surface area contributed by atoms with Crippen molar-refractivity contribution >= 4 is 41.5 Å². The van der Waals surface area contributed by atoms with Crippen LogP contribution >= 0.6 is 35.6 Å². The molecule has 2 rings (SSSR count). The maximum atomic E-state index is 6.07. The highest BCUT2D eigenvalue weighted by Crippen LogP contribution is 2.22. The summed E-state index contributed by atoms with van der Waals surface area (Å²) in [7, 11) is 1.76. The van der Waals surface area contributed by atoms with E-state index in [2.05, 4.69) is 45.7 Å². The number of aromatic nitrogens is 2. The Kier molecular flexibility index (Phi) is 9.35. The summed E-state index contributed by atoms with van der Waals surface area (Å²) in [6.45, 7) is 7.71. The molecule has 26 heavy (non-hydrogen) atoms. The first-order chi connectivity index (χ1) is 11.9. The molecular formula is C18H27ClIN5O. The second-order valence-corrected chi connectivity index (χ2v) is 7.25. The molecule has 0 fully saturated rings. The zero-order valence-electron chi connectivity index (χ0n) is 15.7. The highest BCUT2D eigenvalue weighted by atomic mass is 127. The molecule has 0 aliphatic rings. The Morgan fingerprint density at radius 3 is 2.69 bits per heavy atom. The van der Waals surface area contributed by atoms with Crippen molar-refractivity contribution in [2.45, 2.75) is 33.6 Å². The fourth-order valence-corrected chi connectivity index (χ4v) is 2.75. The first-order valence-electron chi connectivity index (χ1n) is 8.36. The Bertz CT molecular complexity index is 717. The van der Waals surface area contributed by atoms with Gasteiger partial charge in [0.05, 0.1) is 0 Å². The highest BCUT2D eigenvalue weighted by molar-refractivity contribution is 14.0. The van der Waals surface area contributed by atoms with E-state index in [0.717, 1.165) is 23.9 Å². The lowest BCUT2D eigenvalue weighted by Gasteiger charge is -2.26. The molecule has 2 aromatic rings. The van der Waals surface area contributed by atoms with E-state index in [1.807, 2.05) is 25.1 Å². The molecule has 8 heteroatoms. The molecule has 0 saturated heterocycles. The SMILES string of the molecule is CN=C(NCCc1nc(C)no1)NCC(C)(C)Cc1cccc(Cl)c1.I. The number of benzene rings is 1. The molecule has 0 atom stereocenters. The summed E-state index contributed by atoms with van der Waals surface area (Å²) in [5.74, 6) is 2.04. The summed E-state index contributed by atoms with van der Waals surface area (Å²) in [6, 6.07) is 8.00. The van der Waals surface area contributed by atoms with Crippen molar-refractivity contribution in [1.82, 2.24) is 20.8 Å². The van der Waals surface area contributed by atoms with E-state index in [0.29, 0.717) is 24.7 Å². The zero-order chi connectivity index (χ0) is 18.3. The molecule has 0 radical (unpaired) electrons. The lowest BCUT2D eigenvalue weighted by Crippen LogP contribution is -2.43. The zero-order valence-corrected chi connectivity index (χ0v) is 18.8. The average molecular weight is 492 g/mol. The number of hydrogen-bond donors (Lipinski definition) is 2. The van der Waals surface area contributed by atoms with Gasteiger partial charge in [-0.1, -0.05) is 42.7 Å². The molecule has 0 bridgehead atoms. The van der Waals surface area contributed by atoms with Gasteiger partial charge in [-0.3, -0.25) is 4.99 Å². The van der Waals surface area contributed by atoms with Gasteiger partial charge in [-0.15, -0.1) is 24.0 Å². The third-order valence-electron chi connectivity index (χ3n) is 3.73. The normalized spacial score (nSPS) is 11.8. The van der Waals surface area contributed by atoms with Gasteiger partial charge in [-0.2, -0.15) is 4.98 Å².